The van der Waals surface area contributed by atoms with Crippen LogP contribution < -0.4 is 0 Å². The molecule has 144 valence electrons. The summed E-state index contributed by atoms with van der Waals surface area (Å²) in [5.74, 6) is -3.60. The summed E-state index contributed by atoms with van der Waals surface area (Å²) in [4.78, 5) is 24.3. The summed E-state index contributed by atoms with van der Waals surface area (Å²) in [6, 6.07) is 0. The number of aliphatic hydroxyl groups is 2. The third kappa shape index (κ3) is 2.98. The van der Waals surface area contributed by atoms with Crippen LogP contribution in [-0.2, 0) is 23.8 Å². The van der Waals surface area contributed by atoms with Gasteiger partial charge < -0.3 is 24.4 Å². The second kappa shape index (κ2) is 6.18. The van der Waals surface area contributed by atoms with Crippen LogP contribution in [0.5, 0.6) is 0 Å². The molecule has 7 nitrogen and oxygen atoms in total. The molecular formula is C19H26O7. The predicted molar refractivity (Wildman–Crippen MR) is 90.7 cm³/mol. The topological polar surface area (TPSA) is 102 Å². The van der Waals surface area contributed by atoms with Crippen LogP contribution in [0.1, 0.15) is 40.5 Å². The van der Waals surface area contributed by atoms with Crippen molar-refractivity contribution in [2.24, 2.45) is 11.8 Å². The molecule has 0 spiro atoms. The van der Waals surface area contributed by atoms with E-state index in [1.165, 1.54) is 0 Å². The minimum atomic E-state index is -1.66. The van der Waals surface area contributed by atoms with Crippen molar-refractivity contribution >= 4 is 11.9 Å². The number of fused-ring (bicyclic) bond motifs is 3. The monoisotopic (exact) mass is 366 g/mol. The Hall–Kier alpha value is -1.70. The van der Waals surface area contributed by atoms with Crippen LogP contribution in [-0.4, -0.2) is 51.9 Å². The second-order valence-corrected chi connectivity index (χ2v) is 8.02. The van der Waals surface area contributed by atoms with Crippen molar-refractivity contribution in [3.05, 3.63) is 23.8 Å². The maximum atomic E-state index is 12.2. The van der Waals surface area contributed by atoms with Crippen molar-refractivity contribution in [2.75, 3.05) is 0 Å². The third-order valence-electron chi connectivity index (χ3n) is 5.61. The Morgan fingerprint density at radius 2 is 2.08 bits per heavy atom. The van der Waals surface area contributed by atoms with Crippen LogP contribution in [0.3, 0.4) is 0 Å². The highest BCUT2D eigenvalue weighted by Crippen LogP contribution is 2.48. The fraction of sp³-hybridized carbons (Fsp3) is 0.684. The first-order valence-electron chi connectivity index (χ1n) is 8.86. The van der Waals surface area contributed by atoms with E-state index in [2.05, 4.69) is 6.58 Å². The zero-order valence-electron chi connectivity index (χ0n) is 15.5. The smallest absolute Gasteiger partial charge is 0.334 e. The molecule has 3 aliphatic heterocycles. The van der Waals surface area contributed by atoms with E-state index < -0.39 is 47.6 Å². The summed E-state index contributed by atoms with van der Waals surface area (Å²) in [6.07, 6.45) is -0.763. The molecule has 7 heteroatoms. The van der Waals surface area contributed by atoms with Crippen molar-refractivity contribution < 1.29 is 34.0 Å². The molecule has 0 saturated carbocycles. The maximum Gasteiger partial charge on any atom is 0.334 e. The van der Waals surface area contributed by atoms with Crippen LogP contribution in [0, 0.1) is 11.8 Å². The molecule has 2 bridgehead atoms. The molecular weight excluding hydrogens is 340 g/mol. The van der Waals surface area contributed by atoms with Gasteiger partial charge in [0.1, 0.15) is 12.2 Å². The predicted octanol–water partition coefficient (Wildman–Crippen LogP) is 1.23. The lowest BCUT2D eigenvalue weighted by Gasteiger charge is -2.34. The van der Waals surface area contributed by atoms with E-state index in [1.54, 1.807) is 33.8 Å². The van der Waals surface area contributed by atoms with Gasteiger partial charge in [-0.2, -0.15) is 0 Å². The highest BCUT2D eigenvalue weighted by atomic mass is 16.7. The lowest BCUT2D eigenvalue weighted by Crippen LogP contribution is -2.45. The van der Waals surface area contributed by atoms with Crippen LogP contribution in [0.2, 0.25) is 0 Å². The van der Waals surface area contributed by atoms with Gasteiger partial charge in [0.2, 0.25) is 0 Å². The summed E-state index contributed by atoms with van der Waals surface area (Å²) < 4.78 is 16.9. The minimum absolute atomic E-state index is 0.0110. The fourth-order valence-corrected chi connectivity index (χ4v) is 3.88. The zero-order chi connectivity index (χ0) is 19.4. The number of carbonyl (C=O) groups excluding carboxylic acids is 2. The Balaban J connectivity index is 2.06. The molecule has 6 atom stereocenters. The van der Waals surface area contributed by atoms with Gasteiger partial charge in [-0.25, -0.2) is 4.79 Å². The normalized spacial score (nSPS) is 42.5. The van der Waals surface area contributed by atoms with Crippen LogP contribution in [0.15, 0.2) is 23.8 Å². The quantitative estimate of drug-likeness (QED) is 0.430. The molecule has 3 rings (SSSR count). The van der Waals surface area contributed by atoms with Crippen LogP contribution in [0.4, 0.5) is 0 Å². The van der Waals surface area contributed by atoms with E-state index in [-0.39, 0.29) is 24.3 Å². The first-order valence-corrected chi connectivity index (χ1v) is 8.86. The number of hydrogen-bond acceptors (Lipinski definition) is 7. The summed E-state index contributed by atoms with van der Waals surface area (Å²) in [6.45, 7) is 10.6. The summed E-state index contributed by atoms with van der Waals surface area (Å²) >= 11 is 0. The minimum Gasteiger partial charge on any atom is -0.461 e. The number of ether oxygens (including phenoxy) is 3. The Kier molecular flexibility index (Phi) is 4.53. The van der Waals surface area contributed by atoms with Gasteiger partial charge in [0.05, 0.1) is 23.5 Å². The molecule has 0 aromatic heterocycles. The van der Waals surface area contributed by atoms with Gasteiger partial charge >= 0.3 is 11.9 Å². The molecule has 2 N–H and O–H groups in total. The number of rotatable bonds is 2. The number of carbonyl (C=O) groups is 2. The van der Waals surface area contributed by atoms with Crippen molar-refractivity contribution in [3.63, 3.8) is 0 Å². The number of hydrogen-bond donors (Lipinski definition) is 2. The summed E-state index contributed by atoms with van der Waals surface area (Å²) in [7, 11) is 0. The largest absolute Gasteiger partial charge is 0.461 e. The lowest BCUT2D eigenvalue weighted by atomic mass is 9.80. The van der Waals surface area contributed by atoms with Gasteiger partial charge in [-0.15, -0.1) is 0 Å². The van der Waals surface area contributed by atoms with E-state index >= 15 is 0 Å². The highest BCUT2D eigenvalue weighted by molar-refractivity contribution is 5.91. The average Bonchev–Trinajstić information content (AvgIpc) is 2.93. The molecule has 0 unspecified atom stereocenters. The maximum absolute atomic E-state index is 12.2. The Morgan fingerprint density at radius 1 is 1.42 bits per heavy atom. The van der Waals surface area contributed by atoms with Crippen LogP contribution >= 0.6 is 0 Å². The molecule has 0 aromatic rings. The molecule has 0 radical (unpaired) electrons. The Labute approximate surface area is 152 Å². The third-order valence-corrected chi connectivity index (χ3v) is 5.61. The summed E-state index contributed by atoms with van der Waals surface area (Å²) in [5, 5.41) is 21.4. The zero-order valence-corrected chi connectivity index (χ0v) is 15.5. The molecule has 0 aliphatic carbocycles. The highest BCUT2D eigenvalue weighted by Gasteiger charge is 2.58. The number of aliphatic hydroxyl groups excluding tert-OH is 1. The van der Waals surface area contributed by atoms with E-state index in [0.29, 0.717) is 5.57 Å². The van der Waals surface area contributed by atoms with E-state index in [1.807, 2.05) is 0 Å². The molecule has 3 heterocycles. The molecule has 2 saturated heterocycles. The van der Waals surface area contributed by atoms with Gasteiger partial charge in [-0.1, -0.05) is 20.4 Å². The van der Waals surface area contributed by atoms with Gasteiger partial charge in [-0.3, -0.25) is 4.79 Å². The molecule has 26 heavy (non-hydrogen) atoms. The Morgan fingerprint density at radius 3 is 2.69 bits per heavy atom. The van der Waals surface area contributed by atoms with Gasteiger partial charge in [-0.05, 0) is 25.5 Å². The van der Waals surface area contributed by atoms with Gasteiger partial charge in [0.25, 0.3) is 0 Å². The Bertz CT molecular complexity index is 681. The molecule has 0 aromatic carbocycles. The first-order chi connectivity index (χ1) is 12.0. The lowest BCUT2D eigenvalue weighted by molar-refractivity contribution is -0.209. The molecule has 2 fully saturated rings. The van der Waals surface area contributed by atoms with Crippen LogP contribution in [0.25, 0.3) is 0 Å². The van der Waals surface area contributed by atoms with Crippen molar-refractivity contribution in [2.45, 2.75) is 70.2 Å². The first kappa shape index (κ1) is 19.1. The van der Waals surface area contributed by atoms with Crippen molar-refractivity contribution in [3.8, 4) is 0 Å². The number of esters is 2. The summed E-state index contributed by atoms with van der Waals surface area (Å²) in [5.41, 5.74) is -0.496. The van der Waals surface area contributed by atoms with Gasteiger partial charge in [0, 0.05) is 18.4 Å². The average molecular weight is 366 g/mol. The fourth-order valence-electron chi connectivity index (χ4n) is 3.88. The molecule has 3 aliphatic rings. The van der Waals surface area contributed by atoms with E-state index in [4.69, 9.17) is 14.2 Å². The van der Waals surface area contributed by atoms with E-state index in [9.17, 15) is 19.8 Å². The van der Waals surface area contributed by atoms with Crippen molar-refractivity contribution in [1.29, 1.82) is 0 Å². The van der Waals surface area contributed by atoms with E-state index in [0.717, 1.165) is 0 Å². The van der Waals surface area contributed by atoms with Gasteiger partial charge in [0.15, 0.2) is 5.79 Å². The SMILES string of the molecule is C=C1C(=O)O[C@@H]2C=C(C)[C@]3(O)C[C@H](O)[C@](C)(C[C@@H](OC(=O)C(C)C)[C@@H]12)O3. The van der Waals surface area contributed by atoms with Crippen molar-refractivity contribution in [1.82, 2.24) is 0 Å². The molecule has 0 amide bonds. The second-order valence-electron chi connectivity index (χ2n) is 8.02. The standard InChI is InChI=1S/C19H26O7/c1-9(2)16(21)25-13-7-18(5)14(20)8-19(23,26-18)10(3)6-12-15(13)11(4)17(22)24-12/h6,9,12-15,20,23H,4,7-8H2,1-3,5H3/t12-,13-,14+,15+,18+,19+/m1/s1.